The molecule has 1 heterocycles. The van der Waals surface area contributed by atoms with Crippen molar-refractivity contribution in [1.82, 2.24) is 15.6 Å². The highest BCUT2D eigenvalue weighted by atomic mass is 127. The van der Waals surface area contributed by atoms with Crippen LogP contribution in [0.3, 0.4) is 0 Å². The number of hydrogen-bond acceptors (Lipinski definition) is 3. The minimum atomic E-state index is 0. The molecule has 0 aliphatic carbocycles. The molecule has 2 rings (SSSR count). The molecule has 0 saturated carbocycles. The molecule has 130 valence electrons. The molecule has 0 amide bonds. The van der Waals surface area contributed by atoms with Crippen LogP contribution in [0.1, 0.15) is 24.5 Å². The topological polar surface area (TPSA) is 58.5 Å². The van der Waals surface area contributed by atoms with Crippen LogP contribution >= 0.6 is 24.0 Å². The maximum Gasteiger partial charge on any atom is 0.213 e. The molecule has 0 aliphatic heterocycles. The van der Waals surface area contributed by atoms with Crippen molar-refractivity contribution >= 4 is 29.9 Å². The van der Waals surface area contributed by atoms with Gasteiger partial charge in [0.2, 0.25) is 5.88 Å². The molecule has 2 aromatic rings. The highest BCUT2D eigenvalue weighted by Gasteiger charge is 2.00. The van der Waals surface area contributed by atoms with Crippen LogP contribution < -0.4 is 15.4 Å². The van der Waals surface area contributed by atoms with E-state index in [4.69, 9.17) is 4.74 Å². The molecular weight excluding hydrogens is 415 g/mol. The zero-order valence-corrected chi connectivity index (χ0v) is 16.5. The number of aromatic nitrogens is 1. The molecule has 0 spiro atoms. The average Bonchev–Trinajstić information content (AvgIpc) is 2.62. The van der Waals surface area contributed by atoms with E-state index in [9.17, 15) is 0 Å². The number of ether oxygens (including phenoxy) is 1. The van der Waals surface area contributed by atoms with Crippen molar-refractivity contribution in [3.63, 3.8) is 0 Å². The predicted molar refractivity (Wildman–Crippen MR) is 109 cm³/mol. The van der Waals surface area contributed by atoms with E-state index in [2.05, 4.69) is 39.7 Å². The molecule has 0 aliphatic rings. The largest absolute Gasteiger partial charge is 0.478 e. The summed E-state index contributed by atoms with van der Waals surface area (Å²) < 4.78 is 5.48. The third kappa shape index (κ3) is 7.16. The lowest BCUT2D eigenvalue weighted by atomic mass is 10.2. The SMILES string of the molecule is CCCOc1ccc(CNC(=NC)NCc2ccccc2)cn1.I. The second kappa shape index (κ2) is 11.7. The monoisotopic (exact) mass is 440 g/mol. The van der Waals surface area contributed by atoms with E-state index in [1.165, 1.54) is 5.56 Å². The molecule has 0 fully saturated rings. The van der Waals surface area contributed by atoms with Gasteiger partial charge >= 0.3 is 0 Å². The molecule has 1 aromatic heterocycles. The molecule has 24 heavy (non-hydrogen) atoms. The van der Waals surface area contributed by atoms with Crippen LogP contribution in [0.5, 0.6) is 5.88 Å². The first kappa shape index (κ1) is 20.2. The second-order valence-corrected chi connectivity index (χ2v) is 5.12. The first-order valence-corrected chi connectivity index (χ1v) is 7.88. The van der Waals surface area contributed by atoms with Gasteiger partial charge in [0.15, 0.2) is 5.96 Å². The summed E-state index contributed by atoms with van der Waals surface area (Å²) in [7, 11) is 1.76. The van der Waals surface area contributed by atoms with Crippen molar-refractivity contribution < 1.29 is 4.74 Å². The fraction of sp³-hybridized carbons (Fsp3) is 0.333. The summed E-state index contributed by atoms with van der Waals surface area (Å²) in [5, 5.41) is 6.57. The Hall–Kier alpha value is -1.83. The predicted octanol–water partition coefficient (Wildman–Crippen LogP) is 3.35. The Morgan fingerprint density at radius 2 is 1.75 bits per heavy atom. The van der Waals surface area contributed by atoms with Crippen molar-refractivity contribution in [3.8, 4) is 5.88 Å². The Balaban J connectivity index is 0.00000288. The summed E-state index contributed by atoms with van der Waals surface area (Å²) in [6.45, 7) is 4.17. The molecular formula is C18H25IN4O. The van der Waals surface area contributed by atoms with Crippen molar-refractivity contribution in [3.05, 3.63) is 59.8 Å². The highest BCUT2D eigenvalue weighted by Crippen LogP contribution is 2.07. The second-order valence-electron chi connectivity index (χ2n) is 5.12. The van der Waals surface area contributed by atoms with E-state index in [0.29, 0.717) is 19.0 Å². The number of benzene rings is 1. The summed E-state index contributed by atoms with van der Waals surface area (Å²) in [4.78, 5) is 8.52. The van der Waals surface area contributed by atoms with Crippen LogP contribution in [0.2, 0.25) is 0 Å². The molecule has 0 bridgehead atoms. The Morgan fingerprint density at radius 1 is 1.04 bits per heavy atom. The first-order valence-electron chi connectivity index (χ1n) is 7.88. The fourth-order valence-corrected chi connectivity index (χ4v) is 2.00. The molecule has 0 atom stereocenters. The Labute approximate surface area is 161 Å². The minimum absolute atomic E-state index is 0. The molecule has 6 heteroatoms. The summed E-state index contributed by atoms with van der Waals surface area (Å²) in [6.07, 6.45) is 2.80. The quantitative estimate of drug-likeness (QED) is 0.394. The van der Waals surface area contributed by atoms with Gasteiger partial charge in [-0.15, -0.1) is 24.0 Å². The van der Waals surface area contributed by atoms with Crippen molar-refractivity contribution in [1.29, 1.82) is 0 Å². The van der Waals surface area contributed by atoms with Gasteiger partial charge in [0.1, 0.15) is 0 Å². The van der Waals surface area contributed by atoms with Gasteiger partial charge in [0.25, 0.3) is 0 Å². The fourth-order valence-electron chi connectivity index (χ4n) is 2.00. The summed E-state index contributed by atoms with van der Waals surface area (Å²) in [5.41, 5.74) is 2.30. The van der Waals surface area contributed by atoms with E-state index in [0.717, 1.165) is 24.5 Å². The standard InChI is InChI=1S/C18H24N4O.HI/c1-3-11-23-17-10-9-16(13-20-17)14-22-18(19-2)21-12-15-7-5-4-6-8-15;/h4-10,13H,3,11-12,14H2,1-2H3,(H2,19,21,22);1H. The summed E-state index contributed by atoms with van der Waals surface area (Å²) in [6, 6.07) is 14.1. The van der Waals surface area contributed by atoms with Gasteiger partial charge in [0, 0.05) is 32.4 Å². The molecule has 0 unspecified atom stereocenters. The number of nitrogens with zero attached hydrogens (tertiary/aromatic N) is 2. The molecule has 0 saturated heterocycles. The molecule has 0 radical (unpaired) electrons. The van der Waals surface area contributed by atoms with Crippen LogP contribution in [-0.4, -0.2) is 24.6 Å². The number of halogens is 1. The zero-order valence-electron chi connectivity index (χ0n) is 14.2. The van der Waals surface area contributed by atoms with E-state index in [1.54, 1.807) is 7.05 Å². The Kier molecular flexibility index (Phi) is 9.83. The van der Waals surface area contributed by atoms with Crippen molar-refractivity contribution in [2.45, 2.75) is 26.4 Å². The lowest BCUT2D eigenvalue weighted by Gasteiger charge is -2.12. The van der Waals surface area contributed by atoms with E-state index in [-0.39, 0.29) is 24.0 Å². The zero-order chi connectivity index (χ0) is 16.3. The Morgan fingerprint density at radius 3 is 2.33 bits per heavy atom. The van der Waals surface area contributed by atoms with Gasteiger partial charge in [-0.2, -0.15) is 0 Å². The lowest BCUT2D eigenvalue weighted by Crippen LogP contribution is -2.36. The number of aliphatic imine (C=N–C) groups is 1. The van der Waals surface area contributed by atoms with Gasteiger partial charge in [-0.3, -0.25) is 4.99 Å². The van der Waals surface area contributed by atoms with Crippen molar-refractivity contribution in [2.24, 2.45) is 4.99 Å². The normalized spacial score (nSPS) is 10.7. The molecule has 1 aromatic carbocycles. The van der Waals surface area contributed by atoms with Crippen molar-refractivity contribution in [2.75, 3.05) is 13.7 Å². The number of guanidine groups is 1. The molecule has 2 N–H and O–H groups in total. The van der Waals surface area contributed by atoms with E-state index < -0.39 is 0 Å². The van der Waals surface area contributed by atoms with E-state index in [1.807, 2.05) is 36.5 Å². The summed E-state index contributed by atoms with van der Waals surface area (Å²) >= 11 is 0. The maximum absolute atomic E-state index is 5.48. The average molecular weight is 440 g/mol. The highest BCUT2D eigenvalue weighted by molar-refractivity contribution is 14.0. The Bertz CT molecular complexity index is 602. The molecule has 5 nitrogen and oxygen atoms in total. The number of rotatable bonds is 7. The lowest BCUT2D eigenvalue weighted by molar-refractivity contribution is 0.305. The minimum Gasteiger partial charge on any atom is -0.478 e. The smallest absolute Gasteiger partial charge is 0.213 e. The number of nitrogens with one attached hydrogen (secondary N) is 2. The van der Waals surface area contributed by atoms with Gasteiger partial charge in [-0.25, -0.2) is 4.98 Å². The van der Waals surface area contributed by atoms with Crippen LogP contribution in [0, 0.1) is 0 Å². The van der Waals surface area contributed by atoms with Crippen LogP contribution in [-0.2, 0) is 13.1 Å². The summed E-state index contributed by atoms with van der Waals surface area (Å²) in [5.74, 6) is 1.43. The van der Waals surface area contributed by atoms with Crippen LogP contribution in [0.15, 0.2) is 53.7 Å². The van der Waals surface area contributed by atoms with Gasteiger partial charge in [0.05, 0.1) is 6.61 Å². The van der Waals surface area contributed by atoms with Crippen LogP contribution in [0.25, 0.3) is 0 Å². The van der Waals surface area contributed by atoms with Gasteiger partial charge < -0.3 is 15.4 Å². The van der Waals surface area contributed by atoms with Gasteiger partial charge in [-0.1, -0.05) is 43.3 Å². The number of pyridine rings is 1. The third-order valence-corrected chi connectivity index (χ3v) is 3.24. The maximum atomic E-state index is 5.48. The van der Waals surface area contributed by atoms with Crippen LogP contribution in [0.4, 0.5) is 0 Å². The van der Waals surface area contributed by atoms with E-state index >= 15 is 0 Å². The van der Waals surface area contributed by atoms with Gasteiger partial charge in [-0.05, 0) is 17.5 Å². The third-order valence-electron chi connectivity index (χ3n) is 3.24. The number of hydrogen-bond donors (Lipinski definition) is 2. The first-order chi connectivity index (χ1) is 11.3.